The van der Waals surface area contributed by atoms with E-state index in [-0.39, 0.29) is 53.5 Å². The molecule has 5 fully saturated rings. The van der Waals surface area contributed by atoms with Gasteiger partial charge in [0.15, 0.2) is 5.82 Å². The van der Waals surface area contributed by atoms with Crippen LogP contribution in [-0.2, 0) is 0 Å². The van der Waals surface area contributed by atoms with E-state index in [1.807, 2.05) is 0 Å². The van der Waals surface area contributed by atoms with Gasteiger partial charge in [-0.3, -0.25) is 4.90 Å². The van der Waals surface area contributed by atoms with Gasteiger partial charge in [0.05, 0.1) is 11.6 Å². The molecule has 1 aliphatic carbocycles. The minimum atomic E-state index is -0.885. The van der Waals surface area contributed by atoms with Crippen LogP contribution >= 0.6 is 11.6 Å². The minimum absolute atomic E-state index is 0.0197. The minimum Gasteiger partial charge on any atom is -0.508 e. The Morgan fingerprint density at radius 3 is 2.91 bits per heavy atom. The first-order valence-electron chi connectivity index (χ1n) is 15.5. The lowest BCUT2D eigenvalue weighted by Gasteiger charge is -2.40. The van der Waals surface area contributed by atoms with Gasteiger partial charge in [0.25, 0.3) is 0 Å². The Morgan fingerprint density at radius 2 is 2.05 bits per heavy atom. The zero-order valence-electron chi connectivity index (χ0n) is 23.7. The third-order valence-electron chi connectivity index (χ3n) is 10.5. The summed E-state index contributed by atoms with van der Waals surface area (Å²) < 4.78 is 44.0. The third kappa shape index (κ3) is 4.10. The molecule has 2 bridgehead atoms. The number of halogens is 3. The molecule has 9 rings (SSSR count). The quantitative estimate of drug-likeness (QED) is 0.425. The second-order valence-corrected chi connectivity index (χ2v) is 13.6. The average Bonchev–Trinajstić information content (AvgIpc) is 3.56. The topological polar surface area (TPSA) is 95.9 Å². The molecular weight excluding hydrogens is 578 g/mol. The molecule has 0 spiro atoms. The number of benzene rings is 1. The van der Waals surface area contributed by atoms with Crippen molar-refractivity contribution in [3.05, 3.63) is 28.5 Å². The fourth-order valence-electron chi connectivity index (χ4n) is 8.39. The van der Waals surface area contributed by atoms with E-state index in [1.165, 1.54) is 12.1 Å². The largest absolute Gasteiger partial charge is 0.508 e. The Bertz CT molecular complexity index is 1660. The van der Waals surface area contributed by atoms with Crippen LogP contribution in [0.2, 0.25) is 5.02 Å². The second-order valence-electron chi connectivity index (χ2n) is 13.2. The zero-order valence-corrected chi connectivity index (χ0v) is 24.4. The van der Waals surface area contributed by atoms with Crippen LogP contribution < -0.4 is 19.7 Å². The maximum Gasteiger partial charge on any atom is 0.319 e. The lowest BCUT2D eigenvalue weighted by atomic mass is 9.95. The molecule has 6 aliphatic rings. The van der Waals surface area contributed by atoms with Gasteiger partial charge in [0.1, 0.15) is 47.5 Å². The number of nitrogens with one attached hydrogen (secondary N) is 1. The molecule has 4 saturated heterocycles. The van der Waals surface area contributed by atoms with Crippen molar-refractivity contribution in [2.75, 3.05) is 37.7 Å². The summed E-state index contributed by atoms with van der Waals surface area (Å²) in [5.41, 5.74) is 0.920. The van der Waals surface area contributed by atoms with Crippen molar-refractivity contribution in [3.63, 3.8) is 0 Å². The summed E-state index contributed by atoms with van der Waals surface area (Å²) in [4.78, 5) is 18.7. The summed E-state index contributed by atoms with van der Waals surface area (Å²) in [6.07, 6.45) is 5.31. The summed E-state index contributed by atoms with van der Waals surface area (Å²) in [5, 5.41) is 15.0. The Morgan fingerprint density at radius 1 is 1.16 bits per heavy atom. The number of phenolic OH excluding ortho intramolecular Hbond substituents is 1. The van der Waals surface area contributed by atoms with Gasteiger partial charge in [-0.2, -0.15) is 9.97 Å². The molecular formula is C31H33ClF2N6O3. The second kappa shape index (κ2) is 9.49. The molecule has 0 unspecified atom stereocenters. The summed E-state index contributed by atoms with van der Waals surface area (Å²) >= 11 is 6.60. The number of anilines is 1. The van der Waals surface area contributed by atoms with E-state index >= 15 is 4.39 Å². The van der Waals surface area contributed by atoms with Crippen LogP contribution in [-0.4, -0.2) is 87.6 Å². The number of alkyl halides is 1. The molecule has 2 N–H and O–H groups in total. The predicted octanol–water partition coefficient (Wildman–Crippen LogP) is 4.72. The molecule has 0 radical (unpaired) electrons. The molecule has 2 aromatic heterocycles. The van der Waals surface area contributed by atoms with Crippen LogP contribution in [0, 0.1) is 5.82 Å². The first-order chi connectivity index (χ1) is 20.9. The Labute approximate surface area is 252 Å². The number of aromatic nitrogens is 3. The Kier molecular flexibility index (Phi) is 5.82. The SMILES string of the molecule is Oc1cc(Cl)c(C2CC2)c(-c2nc3c4c(nc(OC[C@]56CCCN5C[C@H](F)C6)nc4c2F)N2C[C@H]4CC[C@H](N4)[C@@H]2CO3)c1. The molecule has 12 heteroatoms. The number of hydrogen-bond donors (Lipinski definition) is 2. The van der Waals surface area contributed by atoms with Crippen LogP contribution in [0.15, 0.2) is 12.1 Å². The van der Waals surface area contributed by atoms with Crippen molar-refractivity contribution in [3.8, 4) is 28.9 Å². The van der Waals surface area contributed by atoms with Crippen LogP contribution in [0.1, 0.15) is 56.4 Å². The van der Waals surface area contributed by atoms with Gasteiger partial charge < -0.3 is 24.8 Å². The zero-order chi connectivity index (χ0) is 29.0. The number of phenols is 1. The summed E-state index contributed by atoms with van der Waals surface area (Å²) in [7, 11) is 0. The highest BCUT2D eigenvalue weighted by molar-refractivity contribution is 6.32. The van der Waals surface area contributed by atoms with Gasteiger partial charge in [0, 0.05) is 42.2 Å². The van der Waals surface area contributed by atoms with Gasteiger partial charge in [-0.1, -0.05) is 11.6 Å². The number of hydrogen-bond acceptors (Lipinski definition) is 9. The van der Waals surface area contributed by atoms with E-state index in [2.05, 4.69) is 20.1 Å². The Balaban J connectivity index is 1.21. The highest BCUT2D eigenvalue weighted by atomic mass is 35.5. The van der Waals surface area contributed by atoms with Crippen LogP contribution in [0.5, 0.6) is 17.6 Å². The molecule has 7 heterocycles. The lowest BCUT2D eigenvalue weighted by molar-refractivity contribution is 0.107. The molecule has 5 atom stereocenters. The van der Waals surface area contributed by atoms with Crippen molar-refractivity contribution in [2.24, 2.45) is 0 Å². The molecule has 43 heavy (non-hydrogen) atoms. The lowest BCUT2D eigenvalue weighted by Crippen LogP contribution is -2.60. The fourth-order valence-corrected chi connectivity index (χ4v) is 8.76. The normalized spacial score (nSPS) is 31.2. The first kappa shape index (κ1) is 26.4. The number of ether oxygens (including phenoxy) is 2. The summed E-state index contributed by atoms with van der Waals surface area (Å²) in [6, 6.07) is 3.57. The highest BCUT2D eigenvalue weighted by Gasteiger charge is 2.50. The fraction of sp³-hybridized carbons (Fsp3) is 0.581. The van der Waals surface area contributed by atoms with Crippen molar-refractivity contribution in [1.82, 2.24) is 25.2 Å². The first-order valence-corrected chi connectivity index (χ1v) is 15.9. The van der Waals surface area contributed by atoms with Crippen molar-refractivity contribution in [2.45, 2.75) is 80.7 Å². The number of nitrogens with zero attached hydrogens (tertiary/aromatic N) is 5. The average molecular weight is 611 g/mol. The summed E-state index contributed by atoms with van der Waals surface area (Å²) in [5.74, 6) is 0.292. The van der Waals surface area contributed by atoms with E-state index in [0.717, 1.165) is 50.6 Å². The number of rotatable bonds is 5. The molecule has 1 aromatic carbocycles. The van der Waals surface area contributed by atoms with E-state index in [1.54, 1.807) is 0 Å². The van der Waals surface area contributed by atoms with Crippen molar-refractivity contribution < 1.29 is 23.4 Å². The van der Waals surface area contributed by atoms with Crippen LogP contribution in [0.3, 0.4) is 0 Å². The molecule has 9 nitrogen and oxygen atoms in total. The number of aromatic hydroxyl groups is 1. The Hall–Kier alpha value is -3.02. The maximum absolute atomic E-state index is 16.8. The molecule has 3 aromatic rings. The number of pyridine rings is 1. The monoisotopic (exact) mass is 610 g/mol. The van der Waals surface area contributed by atoms with E-state index in [9.17, 15) is 9.50 Å². The molecule has 0 amide bonds. The maximum atomic E-state index is 16.8. The summed E-state index contributed by atoms with van der Waals surface area (Å²) in [6.45, 7) is 2.56. The predicted molar refractivity (Wildman–Crippen MR) is 156 cm³/mol. The smallest absolute Gasteiger partial charge is 0.319 e. The van der Waals surface area contributed by atoms with Crippen molar-refractivity contribution >= 4 is 28.3 Å². The standard InChI is InChI=1S/C31H33ClF2N6O3/c32-20-9-18(41)8-19(23(20)15-2-3-15)26-25(34)27-24-28(40-12-17-4-5-21(35-17)22(40)13-42-29(24)36-26)38-30(37-27)43-14-31-6-1-7-39(31)11-16(33)10-31/h8-9,15-17,21-22,35,41H,1-7,10-14H2/t16-,17-,21+,22+,31-/m1/s1. The molecule has 5 aliphatic heterocycles. The van der Waals surface area contributed by atoms with Gasteiger partial charge >= 0.3 is 6.01 Å². The molecule has 1 saturated carbocycles. The number of piperazine rings is 1. The van der Waals surface area contributed by atoms with Crippen LogP contribution in [0.25, 0.3) is 22.2 Å². The number of fused-ring (bicyclic) bond motifs is 6. The van der Waals surface area contributed by atoms with Crippen molar-refractivity contribution in [1.29, 1.82) is 0 Å². The van der Waals surface area contributed by atoms with E-state index in [0.29, 0.717) is 53.9 Å². The molecule has 226 valence electrons. The van der Waals surface area contributed by atoms with Gasteiger partial charge in [-0.05, 0) is 68.7 Å². The highest BCUT2D eigenvalue weighted by Crippen LogP contribution is 2.50. The van der Waals surface area contributed by atoms with Gasteiger partial charge in [-0.15, -0.1) is 0 Å². The van der Waals surface area contributed by atoms with E-state index in [4.69, 9.17) is 31.0 Å². The van der Waals surface area contributed by atoms with Gasteiger partial charge in [0.2, 0.25) is 5.88 Å². The van der Waals surface area contributed by atoms with Gasteiger partial charge in [-0.25, -0.2) is 13.8 Å². The van der Waals surface area contributed by atoms with Crippen LogP contribution in [0.4, 0.5) is 14.6 Å². The third-order valence-corrected chi connectivity index (χ3v) is 10.8. The van der Waals surface area contributed by atoms with E-state index < -0.39 is 17.5 Å².